The van der Waals surface area contributed by atoms with E-state index in [0.29, 0.717) is 12.6 Å². The number of piperidine rings is 1. The molecular weight excluding hydrogens is 262 g/mol. The molecule has 0 saturated carbocycles. The van der Waals surface area contributed by atoms with Gasteiger partial charge in [-0.1, -0.05) is 19.1 Å². The summed E-state index contributed by atoms with van der Waals surface area (Å²) in [5.41, 5.74) is 2.17. The Morgan fingerprint density at radius 2 is 2.33 bits per heavy atom. The number of carbonyl (C=O) groups is 1. The molecule has 1 amide bonds. The average Bonchev–Trinajstić information content (AvgIpc) is 2.89. The summed E-state index contributed by atoms with van der Waals surface area (Å²) < 4.78 is 0. The fourth-order valence-corrected chi connectivity index (χ4v) is 3.54. The molecule has 2 N–H and O–H groups in total. The molecule has 2 aliphatic heterocycles. The van der Waals surface area contributed by atoms with Crippen molar-refractivity contribution in [1.82, 2.24) is 10.2 Å². The Morgan fingerprint density at radius 1 is 1.43 bits per heavy atom. The highest BCUT2D eigenvalue weighted by Gasteiger charge is 2.34. The maximum Gasteiger partial charge on any atom is 0.238 e. The Balaban J connectivity index is 1.52. The molecule has 2 aliphatic rings. The van der Waals surface area contributed by atoms with Crippen molar-refractivity contribution < 1.29 is 4.79 Å². The zero-order valence-corrected chi connectivity index (χ0v) is 12.8. The van der Waals surface area contributed by atoms with Gasteiger partial charge in [0.15, 0.2) is 0 Å². The summed E-state index contributed by atoms with van der Waals surface area (Å²) in [6.07, 6.45) is 3.56. The average molecular weight is 287 g/mol. The van der Waals surface area contributed by atoms with Crippen LogP contribution in [-0.4, -0.2) is 43.0 Å². The van der Waals surface area contributed by atoms with Crippen molar-refractivity contribution >= 4 is 11.6 Å². The van der Waals surface area contributed by atoms with Crippen LogP contribution in [0.4, 0.5) is 5.69 Å². The van der Waals surface area contributed by atoms with Crippen LogP contribution in [0, 0.1) is 5.92 Å². The lowest BCUT2D eigenvalue weighted by atomic mass is 9.94. The van der Waals surface area contributed by atoms with E-state index in [4.69, 9.17) is 0 Å². The van der Waals surface area contributed by atoms with Crippen LogP contribution in [0.25, 0.3) is 0 Å². The largest absolute Gasteiger partial charge is 0.325 e. The first-order valence-electron chi connectivity index (χ1n) is 8.09. The maximum atomic E-state index is 12.2. The molecule has 0 spiro atoms. The van der Waals surface area contributed by atoms with E-state index in [1.165, 1.54) is 18.4 Å². The number of amides is 1. The van der Waals surface area contributed by atoms with Gasteiger partial charge in [-0.3, -0.25) is 9.69 Å². The SMILES string of the molecule is CCc1cccc(NC(=O)CN2C[C@@H]3CCCN[C@@H]3C2)c1. The van der Waals surface area contributed by atoms with Crippen molar-refractivity contribution in [2.45, 2.75) is 32.2 Å². The third-order valence-electron chi connectivity index (χ3n) is 4.66. The quantitative estimate of drug-likeness (QED) is 0.888. The van der Waals surface area contributed by atoms with Crippen LogP contribution < -0.4 is 10.6 Å². The molecule has 1 aromatic carbocycles. The predicted molar refractivity (Wildman–Crippen MR) is 85.4 cm³/mol. The predicted octanol–water partition coefficient (Wildman–Crippen LogP) is 1.87. The number of hydrogen-bond acceptors (Lipinski definition) is 3. The van der Waals surface area contributed by atoms with Crippen LogP contribution in [0.5, 0.6) is 0 Å². The summed E-state index contributed by atoms with van der Waals surface area (Å²) >= 11 is 0. The summed E-state index contributed by atoms with van der Waals surface area (Å²) in [6.45, 7) is 5.82. The number of fused-ring (bicyclic) bond motifs is 1. The zero-order chi connectivity index (χ0) is 14.7. The molecule has 2 fully saturated rings. The van der Waals surface area contributed by atoms with Gasteiger partial charge in [0, 0.05) is 24.8 Å². The summed E-state index contributed by atoms with van der Waals surface area (Å²) in [4.78, 5) is 14.5. The van der Waals surface area contributed by atoms with Gasteiger partial charge in [0.1, 0.15) is 0 Å². The number of aryl methyl sites for hydroxylation is 1. The minimum atomic E-state index is 0.0990. The minimum absolute atomic E-state index is 0.0990. The molecule has 4 heteroatoms. The third-order valence-corrected chi connectivity index (χ3v) is 4.66. The number of benzene rings is 1. The van der Waals surface area contributed by atoms with E-state index in [2.05, 4.69) is 34.6 Å². The van der Waals surface area contributed by atoms with Crippen molar-refractivity contribution in [3.05, 3.63) is 29.8 Å². The van der Waals surface area contributed by atoms with Crippen LogP contribution >= 0.6 is 0 Å². The van der Waals surface area contributed by atoms with Gasteiger partial charge < -0.3 is 10.6 Å². The normalized spacial score (nSPS) is 25.6. The monoisotopic (exact) mass is 287 g/mol. The minimum Gasteiger partial charge on any atom is -0.325 e. The van der Waals surface area contributed by atoms with Gasteiger partial charge in [0.05, 0.1) is 6.54 Å². The van der Waals surface area contributed by atoms with Gasteiger partial charge in [0.25, 0.3) is 0 Å². The topological polar surface area (TPSA) is 44.4 Å². The van der Waals surface area contributed by atoms with E-state index in [0.717, 1.165) is 37.7 Å². The van der Waals surface area contributed by atoms with E-state index < -0.39 is 0 Å². The number of anilines is 1. The second-order valence-corrected chi connectivity index (χ2v) is 6.26. The highest BCUT2D eigenvalue weighted by Crippen LogP contribution is 2.24. The van der Waals surface area contributed by atoms with Crippen molar-refractivity contribution in [2.75, 3.05) is 31.5 Å². The summed E-state index contributed by atoms with van der Waals surface area (Å²) in [6, 6.07) is 8.70. The second kappa shape index (κ2) is 6.58. The molecule has 3 rings (SSSR count). The van der Waals surface area contributed by atoms with Crippen molar-refractivity contribution in [3.8, 4) is 0 Å². The van der Waals surface area contributed by atoms with Gasteiger partial charge in [0.2, 0.25) is 5.91 Å². The van der Waals surface area contributed by atoms with Gasteiger partial charge in [-0.25, -0.2) is 0 Å². The lowest BCUT2D eigenvalue weighted by Gasteiger charge is -2.24. The highest BCUT2D eigenvalue weighted by molar-refractivity contribution is 5.92. The first-order valence-corrected chi connectivity index (χ1v) is 8.09. The molecule has 21 heavy (non-hydrogen) atoms. The molecule has 0 radical (unpaired) electrons. The van der Waals surface area contributed by atoms with Gasteiger partial charge in [-0.2, -0.15) is 0 Å². The van der Waals surface area contributed by atoms with Crippen LogP contribution in [0.15, 0.2) is 24.3 Å². The molecule has 2 heterocycles. The Morgan fingerprint density at radius 3 is 3.14 bits per heavy atom. The number of likely N-dealkylation sites (tertiary alicyclic amines) is 1. The number of carbonyl (C=O) groups excluding carboxylic acids is 1. The van der Waals surface area contributed by atoms with Crippen LogP contribution in [0.1, 0.15) is 25.3 Å². The van der Waals surface area contributed by atoms with Crippen molar-refractivity contribution in [3.63, 3.8) is 0 Å². The summed E-state index contributed by atoms with van der Waals surface area (Å²) in [5.74, 6) is 0.830. The summed E-state index contributed by atoms with van der Waals surface area (Å²) in [5, 5.41) is 6.60. The molecule has 2 saturated heterocycles. The number of nitrogens with zero attached hydrogens (tertiary/aromatic N) is 1. The lowest BCUT2D eigenvalue weighted by molar-refractivity contribution is -0.117. The molecule has 0 bridgehead atoms. The molecule has 4 nitrogen and oxygen atoms in total. The highest BCUT2D eigenvalue weighted by atomic mass is 16.2. The van der Waals surface area contributed by atoms with Crippen molar-refractivity contribution in [2.24, 2.45) is 5.92 Å². The van der Waals surface area contributed by atoms with E-state index in [1.807, 2.05) is 12.1 Å². The molecule has 0 aromatic heterocycles. The Kier molecular flexibility index (Phi) is 4.56. The Bertz CT molecular complexity index is 489. The molecule has 114 valence electrons. The van der Waals surface area contributed by atoms with E-state index in [1.54, 1.807) is 0 Å². The molecule has 0 unspecified atom stereocenters. The zero-order valence-electron chi connectivity index (χ0n) is 12.8. The van der Waals surface area contributed by atoms with E-state index in [-0.39, 0.29) is 5.91 Å². The Hall–Kier alpha value is -1.39. The van der Waals surface area contributed by atoms with E-state index >= 15 is 0 Å². The Labute approximate surface area is 126 Å². The van der Waals surface area contributed by atoms with Crippen LogP contribution in [0.2, 0.25) is 0 Å². The lowest BCUT2D eigenvalue weighted by Crippen LogP contribution is -2.41. The first-order chi connectivity index (χ1) is 10.2. The van der Waals surface area contributed by atoms with Gasteiger partial charge >= 0.3 is 0 Å². The van der Waals surface area contributed by atoms with Crippen LogP contribution in [0.3, 0.4) is 0 Å². The number of rotatable bonds is 4. The fraction of sp³-hybridized carbons (Fsp3) is 0.588. The number of nitrogens with one attached hydrogen (secondary N) is 2. The first kappa shape index (κ1) is 14.5. The molecular formula is C17H25N3O. The van der Waals surface area contributed by atoms with E-state index in [9.17, 15) is 4.79 Å². The maximum absolute atomic E-state index is 12.2. The summed E-state index contributed by atoms with van der Waals surface area (Å²) in [7, 11) is 0. The molecule has 0 aliphatic carbocycles. The molecule has 1 aromatic rings. The fourth-order valence-electron chi connectivity index (χ4n) is 3.54. The molecule has 2 atom stereocenters. The van der Waals surface area contributed by atoms with Crippen molar-refractivity contribution in [1.29, 1.82) is 0 Å². The van der Waals surface area contributed by atoms with Gasteiger partial charge in [-0.05, 0) is 49.4 Å². The van der Waals surface area contributed by atoms with Crippen LogP contribution in [-0.2, 0) is 11.2 Å². The smallest absolute Gasteiger partial charge is 0.238 e. The number of hydrogen-bond donors (Lipinski definition) is 2. The van der Waals surface area contributed by atoms with Gasteiger partial charge in [-0.15, -0.1) is 0 Å². The third kappa shape index (κ3) is 3.63. The second-order valence-electron chi connectivity index (χ2n) is 6.26. The standard InChI is InChI=1S/C17H25N3O/c1-2-13-5-3-7-15(9-13)19-17(21)12-20-10-14-6-4-8-18-16(14)11-20/h3,5,7,9,14,16,18H,2,4,6,8,10-12H2,1H3,(H,19,21)/t14-,16+/m0/s1.